The van der Waals surface area contributed by atoms with Gasteiger partial charge in [-0.05, 0) is 61.4 Å². The van der Waals surface area contributed by atoms with Gasteiger partial charge in [0.1, 0.15) is 0 Å². The van der Waals surface area contributed by atoms with Crippen molar-refractivity contribution in [1.82, 2.24) is 0 Å². The predicted molar refractivity (Wildman–Crippen MR) is 117 cm³/mol. The minimum atomic E-state index is -3.73. The van der Waals surface area contributed by atoms with E-state index in [0.717, 1.165) is 24.7 Å². The summed E-state index contributed by atoms with van der Waals surface area (Å²) in [4.78, 5) is 0.250. The lowest BCUT2D eigenvalue weighted by Crippen LogP contribution is -2.35. The van der Waals surface area contributed by atoms with Crippen molar-refractivity contribution >= 4 is 31.4 Å². The van der Waals surface area contributed by atoms with Gasteiger partial charge in [-0.2, -0.15) is 0 Å². The van der Waals surface area contributed by atoms with Crippen molar-refractivity contribution in [2.45, 2.75) is 44.4 Å². The second kappa shape index (κ2) is 8.36. The average Bonchev–Trinajstić information content (AvgIpc) is 2.65. The SMILES string of the molecule is CC(C)CCc1ccc(S(=O)(=O)N2CCCc3c(NS(C)(=O)=O)cccc32)cc1. The van der Waals surface area contributed by atoms with E-state index in [0.29, 0.717) is 42.2 Å². The third-order valence-electron chi connectivity index (χ3n) is 5.03. The second-order valence-corrected chi connectivity index (χ2v) is 11.5. The van der Waals surface area contributed by atoms with E-state index in [1.807, 2.05) is 12.1 Å². The Morgan fingerprint density at radius 3 is 2.34 bits per heavy atom. The van der Waals surface area contributed by atoms with Crippen LogP contribution in [0.2, 0.25) is 0 Å². The van der Waals surface area contributed by atoms with Gasteiger partial charge in [-0.1, -0.05) is 32.0 Å². The molecule has 6 nitrogen and oxygen atoms in total. The van der Waals surface area contributed by atoms with E-state index in [1.165, 1.54) is 4.31 Å². The molecule has 0 aliphatic carbocycles. The molecule has 158 valence electrons. The molecule has 1 heterocycles. The summed E-state index contributed by atoms with van der Waals surface area (Å²) < 4.78 is 53.9. The van der Waals surface area contributed by atoms with Crippen LogP contribution in [-0.2, 0) is 32.9 Å². The quantitative estimate of drug-likeness (QED) is 0.716. The maximum Gasteiger partial charge on any atom is 0.264 e. The van der Waals surface area contributed by atoms with E-state index in [1.54, 1.807) is 30.3 Å². The van der Waals surface area contributed by atoms with Gasteiger partial charge in [0, 0.05) is 12.1 Å². The number of hydrogen-bond donors (Lipinski definition) is 1. The Labute approximate surface area is 174 Å². The number of nitrogens with zero attached hydrogens (tertiary/aromatic N) is 1. The lowest BCUT2D eigenvalue weighted by molar-refractivity contribution is 0.584. The molecular formula is C21H28N2O4S2. The molecule has 0 unspecified atom stereocenters. The van der Waals surface area contributed by atoms with Crippen LogP contribution in [0.1, 0.15) is 37.8 Å². The second-order valence-electron chi connectivity index (χ2n) is 7.93. The molecular weight excluding hydrogens is 408 g/mol. The van der Waals surface area contributed by atoms with Gasteiger partial charge in [-0.25, -0.2) is 16.8 Å². The smallest absolute Gasteiger partial charge is 0.264 e. The van der Waals surface area contributed by atoms with E-state index < -0.39 is 20.0 Å². The van der Waals surface area contributed by atoms with E-state index in [2.05, 4.69) is 18.6 Å². The Morgan fingerprint density at radius 1 is 1.03 bits per heavy atom. The van der Waals surface area contributed by atoms with Crippen molar-refractivity contribution in [3.63, 3.8) is 0 Å². The number of fused-ring (bicyclic) bond motifs is 1. The molecule has 0 aromatic heterocycles. The van der Waals surface area contributed by atoms with Crippen LogP contribution < -0.4 is 9.03 Å². The number of rotatable bonds is 7. The fraction of sp³-hybridized carbons (Fsp3) is 0.429. The zero-order valence-corrected chi connectivity index (χ0v) is 18.7. The largest absolute Gasteiger partial charge is 0.283 e. The van der Waals surface area contributed by atoms with Gasteiger partial charge < -0.3 is 0 Å². The van der Waals surface area contributed by atoms with Crippen LogP contribution in [0.25, 0.3) is 0 Å². The third kappa shape index (κ3) is 5.11. The van der Waals surface area contributed by atoms with Gasteiger partial charge in [-0.3, -0.25) is 9.03 Å². The van der Waals surface area contributed by atoms with Gasteiger partial charge in [0.25, 0.3) is 10.0 Å². The average molecular weight is 437 g/mol. The van der Waals surface area contributed by atoms with Crippen molar-refractivity contribution in [3.05, 3.63) is 53.6 Å². The van der Waals surface area contributed by atoms with Gasteiger partial charge in [0.15, 0.2) is 0 Å². The predicted octanol–water partition coefficient (Wildman–Crippen LogP) is 3.79. The maximum absolute atomic E-state index is 13.3. The van der Waals surface area contributed by atoms with Crippen LogP contribution in [0.4, 0.5) is 11.4 Å². The molecule has 1 aliphatic rings. The van der Waals surface area contributed by atoms with Crippen LogP contribution in [0, 0.1) is 5.92 Å². The molecule has 1 aliphatic heterocycles. The van der Waals surface area contributed by atoms with Crippen LogP contribution in [0.5, 0.6) is 0 Å². The lowest BCUT2D eigenvalue weighted by atomic mass is 10.0. The molecule has 0 atom stereocenters. The monoisotopic (exact) mass is 436 g/mol. The maximum atomic E-state index is 13.3. The molecule has 0 saturated carbocycles. The highest BCUT2D eigenvalue weighted by Crippen LogP contribution is 2.36. The lowest BCUT2D eigenvalue weighted by Gasteiger charge is -2.31. The first kappa shape index (κ1) is 21.6. The fourth-order valence-electron chi connectivity index (χ4n) is 3.55. The number of benzene rings is 2. The van der Waals surface area contributed by atoms with E-state index in [4.69, 9.17) is 0 Å². The molecule has 29 heavy (non-hydrogen) atoms. The Balaban J connectivity index is 1.92. The van der Waals surface area contributed by atoms with E-state index in [-0.39, 0.29) is 4.90 Å². The first-order valence-corrected chi connectivity index (χ1v) is 13.1. The van der Waals surface area contributed by atoms with Crippen LogP contribution in [0.15, 0.2) is 47.4 Å². The molecule has 3 rings (SSSR count). The standard InChI is InChI=1S/C21H28N2O4S2/c1-16(2)9-10-17-11-13-18(14-12-17)29(26,27)23-15-5-6-19-20(22-28(3,24)25)7-4-8-21(19)23/h4,7-8,11-14,16,22H,5-6,9-10,15H2,1-3H3. The zero-order chi connectivity index (χ0) is 21.2. The highest BCUT2D eigenvalue weighted by Gasteiger charge is 2.30. The molecule has 0 saturated heterocycles. The Morgan fingerprint density at radius 2 is 1.72 bits per heavy atom. The summed E-state index contributed by atoms with van der Waals surface area (Å²) in [6.07, 6.45) is 4.31. The normalized spacial score (nSPS) is 14.7. The van der Waals surface area contributed by atoms with Crippen molar-refractivity contribution in [2.24, 2.45) is 5.92 Å². The zero-order valence-electron chi connectivity index (χ0n) is 17.1. The Hall–Kier alpha value is -2.06. The molecule has 0 radical (unpaired) electrons. The summed E-state index contributed by atoms with van der Waals surface area (Å²) in [7, 11) is -7.18. The van der Waals surface area contributed by atoms with Crippen LogP contribution in [-0.4, -0.2) is 29.6 Å². The summed E-state index contributed by atoms with van der Waals surface area (Å²) in [6, 6.07) is 12.2. The Bertz CT molecular complexity index is 1080. The van der Waals surface area contributed by atoms with Crippen LogP contribution >= 0.6 is 0 Å². The topological polar surface area (TPSA) is 83.6 Å². The van der Waals surface area contributed by atoms with Gasteiger partial charge in [-0.15, -0.1) is 0 Å². The van der Waals surface area contributed by atoms with Crippen molar-refractivity contribution in [2.75, 3.05) is 21.8 Å². The molecule has 0 amide bonds. The van der Waals surface area contributed by atoms with Gasteiger partial charge in [0.2, 0.25) is 10.0 Å². The van der Waals surface area contributed by atoms with Gasteiger partial charge in [0.05, 0.1) is 22.5 Å². The number of aryl methyl sites for hydroxylation is 1. The highest BCUT2D eigenvalue weighted by molar-refractivity contribution is 7.93. The first-order valence-electron chi connectivity index (χ1n) is 9.79. The summed E-state index contributed by atoms with van der Waals surface area (Å²) in [5.41, 5.74) is 2.81. The molecule has 0 spiro atoms. The number of hydrogen-bond acceptors (Lipinski definition) is 4. The summed E-state index contributed by atoms with van der Waals surface area (Å²) in [6.45, 7) is 4.70. The molecule has 1 N–H and O–H groups in total. The first-order chi connectivity index (χ1) is 13.6. The number of sulfonamides is 2. The third-order valence-corrected chi connectivity index (χ3v) is 7.44. The van der Waals surface area contributed by atoms with Gasteiger partial charge >= 0.3 is 0 Å². The van der Waals surface area contributed by atoms with Crippen molar-refractivity contribution in [3.8, 4) is 0 Å². The minimum Gasteiger partial charge on any atom is -0.283 e. The number of nitrogens with one attached hydrogen (secondary N) is 1. The van der Waals surface area contributed by atoms with E-state index in [9.17, 15) is 16.8 Å². The molecule has 2 aromatic carbocycles. The summed E-state index contributed by atoms with van der Waals surface area (Å²) in [5.74, 6) is 0.595. The fourth-order valence-corrected chi connectivity index (χ4v) is 5.67. The molecule has 0 bridgehead atoms. The highest BCUT2D eigenvalue weighted by atomic mass is 32.2. The van der Waals surface area contributed by atoms with Crippen molar-refractivity contribution < 1.29 is 16.8 Å². The minimum absolute atomic E-state index is 0.250. The van der Waals surface area contributed by atoms with Crippen molar-refractivity contribution in [1.29, 1.82) is 0 Å². The molecule has 8 heteroatoms. The van der Waals surface area contributed by atoms with Crippen LogP contribution in [0.3, 0.4) is 0 Å². The van der Waals surface area contributed by atoms with E-state index >= 15 is 0 Å². The summed E-state index contributed by atoms with van der Waals surface area (Å²) in [5, 5.41) is 0. The molecule has 0 fully saturated rings. The Kier molecular flexibility index (Phi) is 6.24. The molecule has 2 aromatic rings. The number of anilines is 2. The summed E-state index contributed by atoms with van der Waals surface area (Å²) >= 11 is 0.